The Hall–Kier alpha value is -2.87. The van der Waals surface area contributed by atoms with Crippen LogP contribution in [-0.2, 0) is 6.54 Å². The molecule has 154 valence electrons. The van der Waals surface area contributed by atoms with Gasteiger partial charge in [-0.1, -0.05) is 51.1 Å². The van der Waals surface area contributed by atoms with Crippen molar-refractivity contribution in [1.29, 1.82) is 0 Å². The van der Waals surface area contributed by atoms with Crippen LogP contribution in [-0.4, -0.2) is 19.4 Å². The van der Waals surface area contributed by atoms with Crippen LogP contribution < -0.4 is 5.32 Å². The molecule has 3 aromatic heterocycles. The van der Waals surface area contributed by atoms with Crippen LogP contribution in [0.15, 0.2) is 42.9 Å². The molecule has 1 aromatic carbocycles. The molecule has 0 aliphatic heterocycles. The van der Waals surface area contributed by atoms with Crippen molar-refractivity contribution < 1.29 is 13.2 Å². The Balaban J connectivity index is 0.000000970. The SMILES string of the molecule is C.CC.Fc1c(CNc2nc3nccn3c3cnc(Cl)cc23)cccc1C(F)F. The molecule has 5 nitrogen and oxygen atoms in total. The fraction of sp³-hybridized carbons (Fsp3) is 0.250. The molecule has 0 aliphatic carbocycles. The molecule has 0 saturated heterocycles. The number of nitrogens with zero attached hydrogens (tertiary/aromatic N) is 4. The Morgan fingerprint density at radius 1 is 1.21 bits per heavy atom. The molecule has 0 bridgehead atoms. The molecule has 0 spiro atoms. The minimum absolute atomic E-state index is 0. The largest absolute Gasteiger partial charge is 0.365 e. The summed E-state index contributed by atoms with van der Waals surface area (Å²) in [6.45, 7) is 3.98. The molecule has 1 N–H and O–H groups in total. The van der Waals surface area contributed by atoms with Gasteiger partial charge in [-0.2, -0.15) is 4.98 Å². The number of hydrogen-bond acceptors (Lipinski definition) is 4. The number of imidazole rings is 1. The van der Waals surface area contributed by atoms with Gasteiger partial charge in [-0.05, 0) is 6.07 Å². The van der Waals surface area contributed by atoms with Crippen LogP contribution >= 0.6 is 11.6 Å². The van der Waals surface area contributed by atoms with Gasteiger partial charge in [0.15, 0.2) is 0 Å². The maximum atomic E-state index is 14.2. The van der Waals surface area contributed by atoms with Crippen molar-refractivity contribution in [3.05, 3.63) is 65.0 Å². The summed E-state index contributed by atoms with van der Waals surface area (Å²) in [5, 5.41) is 3.91. The van der Waals surface area contributed by atoms with Gasteiger partial charge < -0.3 is 5.32 Å². The van der Waals surface area contributed by atoms with Crippen molar-refractivity contribution in [2.75, 3.05) is 5.32 Å². The maximum absolute atomic E-state index is 14.2. The van der Waals surface area contributed by atoms with E-state index in [0.29, 0.717) is 22.5 Å². The molecule has 9 heteroatoms. The number of hydrogen-bond donors (Lipinski definition) is 1. The quantitative estimate of drug-likeness (QED) is 0.392. The van der Waals surface area contributed by atoms with Gasteiger partial charge in [0, 0.05) is 29.9 Å². The molecule has 4 aromatic rings. The lowest BCUT2D eigenvalue weighted by atomic mass is 10.1. The van der Waals surface area contributed by atoms with Crippen molar-refractivity contribution >= 4 is 34.1 Å². The zero-order chi connectivity index (χ0) is 20.3. The zero-order valence-corrected chi connectivity index (χ0v) is 15.9. The average molecular weight is 424 g/mol. The normalized spacial score (nSPS) is 10.6. The third-order valence-corrected chi connectivity index (χ3v) is 4.19. The number of nitrogens with one attached hydrogen (secondary N) is 1. The summed E-state index contributed by atoms with van der Waals surface area (Å²) < 4.78 is 41.7. The van der Waals surface area contributed by atoms with Gasteiger partial charge in [-0.3, -0.25) is 4.40 Å². The van der Waals surface area contributed by atoms with E-state index in [2.05, 4.69) is 20.3 Å². The highest BCUT2D eigenvalue weighted by Crippen LogP contribution is 2.27. The van der Waals surface area contributed by atoms with E-state index < -0.39 is 17.8 Å². The third-order valence-electron chi connectivity index (χ3n) is 3.99. The minimum Gasteiger partial charge on any atom is -0.365 e. The van der Waals surface area contributed by atoms with Crippen LogP contribution in [0.4, 0.5) is 19.0 Å². The summed E-state index contributed by atoms with van der Waals surface area (Å²) in [6, 6.07) is 5.53. The van der Waals surface area contributed by atoms with Gasteiger partial charge in [0.05, 0.1) is 17.3 Å². The monoisotopic (exact) mass is 423 g/mol. The number of aromatic nitrogens is 4. The second-order valence-electron chi connectivity index (χ2n) is 5.56. The minimum atomic E-state index is -2.87. The Morgan fingerprint density at radius 3 is 2.69 bits per heavy atom. The van der Waals surface area contributed by atoms with Gasteiger partial charge in [0.2, 0.25) is 5.78 Å². The summed E-state index contributed by atoms with van der Waals surface area (Å²) in [5.74, 6) is -0.100. The van der Waals surface area contributed by atoms with Gasteiger partial charge >= 0.3 is 0 Å². The van der Waals surface area contributed by atoms with E-state index in [9.17, 15) is 13.2 Å². The summed E-state index contributed by atoms with van der Waals surface area (Å²) >= 11 is 5.98. The molecule has 0 unspecified atom stereocenters. The van der Waals surface area contributed by atoms with Crippen LogP contribution in [0.25, 0.3) is 16.7 Å². The Morgan fingerprint density at radius 2 is 1.97 bits per heavy atom. The van der Waals surface area contributed by atoms with Crippen molar-refractivity contribution in [3.63, 3.8) is 0 Å². The van der Waals surface area contributed by atoms with E-state index in [4.69, 9.17) is 11.6 Å². The predicted molar refractivity (Wildman–Crippen MR) is 110 cm³/mol. The first-order valence-corrected chi connectivity index (χ1v) is 9.00. The maximum Gasteiger partial charge on any atom is 0.266 e. The molecule has 29 heavy (non-hydrogen) atoms. The van der Waals surface area contributed by atoms with Crippen LogP contribution in [0.1, 0.15) is 38.8 Å². The Labute approximate surface area is 171 Å². The molecular weight excluding hydrogens is 403 g/mol. The number of anilines is 1. The fourth-order valence-electron chi connectivity index (χ4n) is 2.75. The summed E-state index contributed by atoms with van der Waals surface area (Å²) in [6.07, 6.45) is 2.03. The number of rotatable bonds is 4. The molecule has 0 amide bonds. The predicted octanol–water partition coefficient (Wildman–Crippen LogP) is 6.28. The molecule has 0 radical (unpaired) electrons. The smallest absolute Gasteiger partial charge is 0.266 e. The van der Waals surface area contributed by atoms with E-state index >= 15 is 0 Å². The lowest BCUT2D eigenvalue weighted by Gasteiger charge is -2.12. The Bertz CT molecular complexity index is 1110. The molecule has 3 heterocycles. The lowest BCUT2D eigenvalue weighted by molar-refractivity contribution is 0.146. The second-order valence-corrected chi connectivity index (χ2v) is 5.94. The zero-order valence-electron chi connectivity index (χ0n) is 15.1. The van der Waals surface area contributed by atoms with Gasteiger partial charge in [-0.25, -0.2) is 23.1 Å². The molecule has 0 aliphatic rings. The molecule has 0 saturated carbocycles. The number of halogens is 4. The highest BCUT2D eigenvalue weighted by Gasteiger charge is 2.16. The highest BCUT2D eigenvalue weighted by atomic mass is 35.5. The number of alkyl halides is 2. The first-order chi connectivity index (χ1) is 13.5. The van der Waals surface area contributed by atoms with Gasteiger partial charge in [0.1, 0.15) is 16.8 Å². The lowest BCUT2D eigenvalue weighted by Crippen LogP contribution is -2.07. The van der Waals surface area contributed by atoms with Crippen molar-refractivity contribution in [2.24, 2.45) is 0 Å². The van der Waals surface area contributed by atoms with Crippen LogP contribution in [0.3, 0.4) is 0 Å². The van der Waals surface area contributed by atoms with Gasteiger partial charge in [-0.15, -0.1) is 0 Å². The average Bonchev–Trinajstić information content (AvgIpc) is 3.16. The summed E-state index contributed by atoms with van der Waals surface area (Å²) in [4.78, 5) is 12.6. The second kappa shape index (κ2) is 9.56. The summed E-state index contributed by atoms with van der Waals surface area (Å²) in [5.41, 5.74) is 0.195. The van der Waals surface area contributed by atoms with Crippen LogP contribution in [0.5, 0.6) is 0 Å². The van der Waals surface area contributed by atoms with E-state index in [0.717, 1.165) is 6.07 Å². The molecule has 0 fully saturated rings. The van der Waals surface area contributed by atoms with E-state index in [-0.39, 0.29) is 24.7 Å². The van der Waals surface area contributed by atoms with E-state index in [1.807, 2.05) is 13.8 Å². The number of fused-ring (bicyclic) bond motifs is 3. The standard InChI is InChI=1S/C17H11ClF3N5.C2H6.CH4/c18-13-6-11-12(8-23-13)26-5-4-22-17(26)25-16(11)24-7-9-2-1-3-10(14(9)19)15(20)21;1-2;/h1-6,8,15H,7H2,(H,22,24,25);1-2H3;1H4. The third kappa shape index (κ3) is 4.42. The molecule has 0 atom stereocenters. The van der Waals surface area contributed by atoms with Crippen LogP contribution in [0.2, 0.25) is 5.15 Å². The first kappa shape index (κ1) is 22.4. The van der Waals surface area contributed by atoms with E-state index in [1.165, 1.54) is 12.1 Å². The fourth-order valence-corrected chi connectivity index (χ4v) is 2.91. The molecule has 4 rings (SSSR count). The first-order valence-electron chi connectivity index (χ1n) is 8.62. The van der Waals surface area contributed by atoms with Crippen molar-refractivity contribution in [3.8, 4) is 0 Å². The van der Waals surface area contributed by atoms with Crippen LogP contribution in [0, 0.1) is 5.82 Å². The number of benzene rings is 1. The molecular formula is C20H21ClF3N5. The van der Waals surface area contributed by atoms with Crippen molar-refractivity contribution in [2.45, 2.75) is 34.2 Å². The topological polar surface area (TPSA) is 55.1 Å². The highest BCUT2D eigenvalue weighted by molar-refractivity contribution is 6.30. The number of pyridine rings is 1. The van der Waals surface area contributed by atoms with E-state index in [1.54, 1.807) is 29.1 Å². The summed E-state index contributed by atoms with van der Waals surface area (Å²) in [7, 11) is 0. The van der Waals surface area contributed by atoms with Crippen molar-refractivity contribution in [1.82, 2.24) is 19.4 Å². The Kier molecular flexibility index (Phi) is 7.39. The van der Waals surface area contributed by atoms with Gasteiger partial charge in [0.25, 0.3) is 6.43 Å².